The Morgan fingerprint density at radius 1 is 1.19 bits per heavy atom. The Morgan fingerprint density at radius 3 is 2.50 bits per heavy atom. The van der Waals surface area contributed by atoms with Gasteiger partial charge in [0.25, 0.3) is 0 Å². The zero-order chi connectivity index (χ0) is 12.0. The third kappa shape index (κ3) is 5.37. The molecule has 16 heavy (non-hydrogen) atoms. The van der Waals surface area contributed by atoms with Crippen molar-refractivity contribution in [2.75, 3.05) is 6.54 Å². The molecule has 1 N–H and O–H groups in total. The van der Waals surface area contributed by atoms with Crippen LogP contribution in [0.1, 0.15) is 18.4 Å². The summed E-state index contributed by atoms with van der Waals surface area (Å²) in [6.45, 7) is 0.836. The van der Waals surface area contributed by atoms with Gasteiger partial charge in [0, 0.05) is 18.0 Å². The van der Waals surface area contributed by atoms with E-state index in [1.54, 1.807) is 6.07 Å². The van der Waals surface area contributed by atoms with E-state index < -0.39 is 12.6 Å². The fourth-order valence-corrected chi connectivity index (χ4v) is 1.48. The summed E-state index contributed by atoms with van der Waals surface area (Å²) in [5.41, 5.74) is 0.899. The van der Waals surface area contributed by atoms with Crippen LogP contribution in [0, 0.1) is 0 Å². The second-order valence-electron chi connectivity index (χ2n) is 3.49. The maximum Gasteiger partial charge on any atom is 0.389 e. The minimum absolute atomic E-state index is 0.0912. The van der Waals surface area contributed by atoms with Gasteiger partial charge in [-0.3, -0.25) is 0 Å². The van der Waals surface area contributed by atoms with E-state index in [4.69, 9.17) is 11.6 Å². The monoisotopic (exact) mass is 251 g/mol. The zero-order valence-corrected chi connectivity index (χ0v) is 9.41. The third-order valence-electron chi connectivity index (χ3n) is 2.09. The van der Waals surface area contributed by atoms with E-state index in [1.165, 1.54) is 0 Å². The summed E-state index contributed by atoms with van der Waals surface area (Å²) >= 11 is 5.89. The first kappa shape index (κ1) is 13.3. The van der Waals surface area contributed by atoms with Gasteiger partial charge in [-0.1, -0.05) is 29.8 Å². The lowest BCUT2D eigenvalue weighted by molar-refractivity contribution is -0.135. The van der Waals surface area contributed by atoms with Crippen LogP contribution in [-0.2, 0) is 6.54 Å². The molecule has 1 nitrogen and oxygen atoms in total. The highest BCUT2D eigenvalue weighted by Crippen LogP contribution is 2.20. The molecule has 90 valence electrons. The van der Waals surface area contributed by atoms with Crippen molar-refractivity contribution >= 4 is 11.6 Å². The predicted molar refractivity (Wildman–Crippen MR) is 58.4 cm³/mol. The second kappa shape index (κ2) is 6.11. The molecule has 0 aromatic heterocycles. The van der Waals surface area contributed by atoms with Gasteiger partial charge in [0.05, 0.1) is 0 Å². The van der Waals surface area contributed by atoms with Gasteiger partial charge in [-0.2, -0.15) is 13.2 Å². The van der Waals surface area contributed by atoms with Crippen LogP contribution in [0.15, 0.2) is 24.3 Å². The SMILES string of the molecule is FC(F)(F)CCCNCc1ccccc1Cl. The molecule has 0 saturated carbocycles. The lowest BCUT2D eigenvalue weighted by Gasteiger charge is -2.08. The normalized spacial score (nSPS) is 11.8. The molecule has 0 heterocycles. The average molecular weight is 252 g/mol. The van der Waals surface area contributed by atoms with Crippen molar-refractivity contribution in [1.82, 2.24) is 5.32 Å². The average Bonchev–Trinajstić information content (AvgIpc) is 2.18. The minimum atomic E-state index is -4.06. The number of rotatable bonds is 5. The van der Waals surface area contributed by atoms with Crippen molar-refractivity contribution in [3.05, 3.63) is 34.9 Å². The van der Waals surface area contributed by atoms with Crippen molar-refractivity contribution < 1.29 is 13.2 Å². The molecular weight excluding hydrogens is 239 g/mol. The van der Waals surface area contributed by atoms with E-state index in [0.717, 1.165) is 5.56 Å². The van der Waals surface area contributed by atoms with Crippen molar-refractivity contribution in [1.29, 1.82) is 0 Å². The highest BCUT2D eigenvalue weighted by atomic mass is 35.5. The number of hydrogen-bond donors (Lipinski definition) is 1. The minimum Gasteiger partial charge on any atom is -0.313 e. The Kier molecular flexibility index (Phi) is 5.09. The lowest BCUT2D eigenvalue weighted by Crippen LogP contribution is -2.17. The molecule has 0 bridgehead atoms. The maximum atomic E-state index is 11.8. The van der Waals surface area contributed by atoms with E-state index in [1.807, 2.05) is 18.2 Å². The standard InChI is InChI=1S/C11H13ClF3N/c12-10-5-2-1-4-9(10)8-16-7-3-6-11(13,14)15/h1-2,4-5,16H,3,6-8H2. The Labute approximate surface area is 97.6 Å². The smallest absolute Gasteiger partial charge is 0.313 e. The van der Waals surface area contributed by atoms with Crippen LogP contribution in [-0.4, -0.2) is 12.7 Å². The van der Waals surface area contributed by atoms with Crippen LogP contribution >= 0.6 is 11.6 Å². The van der Waals surface area contributed by atoms with Gasteiger partial charge in [-0.25, -0.2) is 0 Å². The molecule has 0 amide bonds. The molecule has 0 spiro atoms. The van der Waals surface area contributed by atoms with Crippen LogP contribution in [0.3, 0.4) is 0 Å². The van der Waals surface area contributed by atoms with Gasteiger partial charge in [-0.15, -0.1) is 0 Å². The first-order valence-electron chi connectivity index (χ1n) is 5.00. The summed E-state index contributed by atoms with van der Waals surface area (Å²) in [4.78, 5) is 0. The molecule has 0 atom stereocenters. The van der Waals surface area contributed by atoms with Crippen molar-refractivity contribution in [2.24, 2.45) is 0 Å². The second-order valence-corrected chi connectivity index (χ2v) is 3.89. The number of alkyl halides is 3. The van der Waals surface area contributed by atoms with E-state index in [9.17, 15) is 13.2 Å². The molecule has 0 radical (unpaired) electrons. The molecule has 5 heteroatoms. The van der Waals surface area contributed by atoms with Crippen LogP contribution in [0.4, 0.5) is 13.2 Å². The van der Waals surface area contributed by atoms with Gasteiger partial charge in [-0.05, 0) is 24.6 Å². The van der Waals surface area contributed by atoms with Crippen molar-refractivity contribution in [3.8, 4) is 0 Å². The van der Waals surface area contributed by atoms with E-state index in [2.05, 4.69) is 5.32 Å². The molecule has 0 fully saturated rings. The Bertz CT molecular complexity index is 325. The van der Waals surface area contributed by atoms with Crippen LogP contribution in [0.25, 0.3) is 0 Å². The van der Waals surface area contributed by atoms with Gasteiger partial charge in [0.2, 0.25) is 0 Å². The molecule has 0 aliphatic rings. The van der Waals surface area contributed by atoms with Gasteiger partial charge in [0.1, 0.15) is 0 Å². The molecule has 0 aliphatic heterocycles. The summed E-state index contributed by atoms with van der Waals surface area (Å²) in [6.07, 6.45) is -4.72. The molecular formula is C11H13ClF3N. The van der Waals surface area contributed by atoms with Crippen molar-refractivity contribution in [2.45, 2.75) is 25.6 Å². The number of hydrogen-bond acceptors (Lipinski definition) is 1. The first-order chi connectivity index (χ1) is 7.49. The Hall–Kier alpha value is -0.740. The largest absolute Gasteiger partial charge is 0.389 e. The summed E-state index contributed by atoms with van der Waals surface area (Å²) in [6, 6.07) is 7.27. The van der Waals surface area contributed by atoms with Gasteiger partial charge < -0.3 is 5.32 Å². The van der Waals surface area contributed by atoms with E-state index in [-0.39, 0.29) is 6.42 Å². The van der Waals surface area contributed by atoms with Crippen LogP contribution in [0.2, 0.25) is 5.02 Å². The quantitative estimate of drug-likeness (QED) is 0.786. The zero-order valence-electron chi connectivity index (χ0n) is 8.65. The molecule has 0 unspecified atom stereocenters. The summed E-state index contributed by atoms with van der Waals surface area (Å²) in [7, 11) is 0. The van der Waals surface area contributed by atoms with Gasteiger partial charge in [0.15, 0.2) is 0 Å². The highest BCUT2D eigenvalue weighted by molar-refractivity contribution is 6.31. The molecule has 1 aromatic carbocycles. The molecule has 1 rings (SSSR count). The molecule has 0 saturated heterocycles. The van der Waals surface area contributed by atoms with Crippen LogP contribution in [0.5, 0.6) is 0 Å². The van der Waals surface area contributed by atoms with Crippen LogP contribution < -0.4 is 5.32 Å². The van der Waals surface area contributed by atoms with E-state index >= 15 is 0 Å². The summed E-state index contributed by atoms with van der Waals surface area (Å²) in [5.74, 6) is 0. The predicted octanol–water partition coefficient (Wildman–Crippen LogP) is 3.77. The topological polar surface area (TPSA) is 12.0 Å². The first-order valence-corrected chi connectivity index (χ1v) is 5.38. The fourth-order valence-electron chi connectivity index (χ4n) is 1.28. The number of halogens is 4. The van der Waals surface area contributed by atoms with Gasteiger partial charge >= 0.3 is 6.18 Å². The number of benzene rings is 1. The highest BCUT2D eigenvalue weighted by Gasteiger charge is 2.25. The maximum absolute atomic E-state index is 11.8. The molecule has 1 aromatic rings. The Balaban J connectivity index is 2.19. The van der Waals surface area contributed by atoms with E-state index in [0.29, 0.717) is 18.1 Å². The van der Waals surface area contributed by atoms with Crippen molar-refractivity contribution in [3.63, 3.8) is 0 Å². The third-order valence-corrected chi connectivity index (χ3v) is 2.46. The Morgan fingerprint density at radius 2 is 1.88 bits per heavy atom. The summed E-state index contributed by atoms with van der Waals surface area (Å²) < 4.78 is 35.5. The fraction of sp³-hybridized carbons (Fsp3) is 0.455. The lowest BCUT2D eigenvalue weighted by atomic mass is 10.2. The number of nitrogens with one attached hydrogen (secondary N) is 1. The molecule has 0 aliphatic carbocycles. The summed E-state index contributed by atoms with van der Waals surface area (Å²) in [5, 5.41) is 3.56.